The van der Waals surface area contributed by atoms with Crippen LogP contribution in [0, 0.1) is 48.5 Å². The van der Waals surface area contributed by atoms with Crippen LogP contribution in [0.4, 0.5) is 0 Å². The lowest BCUT2D eigenvalue weighted by Crippen LogP contribution is -2.20. The number of amides is 1. The molecule has 7 heteroatoms. The first-order valence-electron chi connectivity index (χ1n) is 13.1. The zero-order valence-corrected chi connectivity index (χ0v) is 25.2. The molecule has 1 amide bonds. The quantitative estimate of drug-likeness (QED) is 0.232. The lowest BCUT2D eigenvalue weighted by atomic mass is 9.99. The Balaban J connectivity index is 0.000000300. The second-order valence-corrected chi connectivity index (χ2v) is 9.91. The first-order chi connectivity index (χ1) is 18.8. The Hall–Kier alpha value is -3.97. The summed E-state index contributed by atoms with van der Waals surface area (Å²) in [5, 5.41) is 8.32. The van der Waals surface area contributed by atoms with Crippen LogP contribution in [-0.4, -0.2) is 37.3 Å². The number of carbonyl (C=O) groups excluding carboxylic acids is 3. The summed E-state index contributed by atoms with van der Waals surface area (Å²) in [7, 11) is 2.82. The van der Waals surface area contributed by atoms with Gasteiger partial charge in [-0.15, -0.1) is 0 Å². The zero-order valence-electron chi connectivity index (χ0n) is 25.2. The van der Waals surface area contributed by atoms with E-state index in [0.717, 1.165) is 22.3 Å². The van der Waals surface area contributed by atoms with Crippen molar-refractivity contribution >= 4 is 17.8 Å². The number of ether oxygens (including phenoxy) is 2. The van der Waals surface area contributed by atoms with Crippen LogP contribution in [0.15, 0.2) is 48.5 Å². The molecule has 0 unspecified atom stereocenters. The van der Waals surface area contributed by atoms with Crippen LogP contribution in [0.3, 0.4) is 0 Å². The second kappa shape index (κ2) is 16.9. The monoisotopic (exact) mass is 549 g/mol. The van der Waals surface area contributed by atoms with Crippen molar-refractivity contribution in [2.75, 3.05) is 14.2 Å². The minimum absolute atomic E-state index is 0.187. The third-order valence-electron chi connectivity index (χ3n) is 6.77. The molecule has 0 aliphatic carbocycles. The van der Waals surface area contributed by atoms with Crippen LogP contribution in [-0.2, 0) is 43.1 Å². The molecule has 216 valence electrons. The number of carbonyl (C=O) groups is 3. The average Bonchev–Trinajstić information content (AvgIpc) is 2.92. The summed E-state index contributed by atoms with van der Waals surface area (Å²) in [4.78, 5) is 32.8. The van der Waals surface area contributed by atoms with Crippen LogP contribution in [0.1, 0.15) is 55.6 Å². The van der Waals surface area contributed by atoms with E-state index in [1.807, 2.05) is 69.3 Å². The van der Waals surface area contributed by atoms with Crippen molar-refractivity contribution in [3.8, 4) is 0 Å². The maximum Gasteiger partial charge on any atom is 0.309 e. The standard InChI is InChI=1S/C12H16O2.C11H14O2.C10H13NO2/c1-8-5-11(7-12(13)14-4)6-9(2)10(8)3;1-8-4-5-10(6-9(8)2)7-11(12)13-3;1-7-3-4-9(5-8(7)2)6-10(12)11-13/h5-6H,7H2,1-4H3;4-6H,7H2,1-3H3;3-5,13H,6H2,1-2H3,(H,11,12). The van der Waals surface area contributed by atoms with Crippen LogP contribution in [0.25, 0.3) is 0 Å². The normalized spacial score (nSPS) is 9.85. The number of hydroxylamine groups is 1. The van der Waals surface area contributed by atoms with Gasteiger partial charge in [0.25, 0.3) is 0 Å². The highest BCUT2D eigenvalue weighted by Gasteiger charge is 2.06. The summed E-state index contributed by atoms with van der Waals surface area (Å²) in [5.74, 6) is -0.765. The largest absolute Gasteiger partial charge is 0.469 e. The molecule has 0 aromatic heterocycles. The topological polar surface area (TPSA) is 102 Å². The summed E-state index contributed by atoms with van der Waals surface area (Å²) in [6, 6.07) is 15.9. The van der Waals surface area contributed by atoms with Gasteiger partial charge in [-0.25, -0.2) is 5.48 Å². The highest BCUT2D eigenvalue weighted by atomic mass is 16.5. The van der Waals surface area contributed by atoms with E-state index in [1.165, 1.54) is 47.6 Å². The number of hydrogen-bond donors (Lipinski definition) is 2. The zero-order chi connectivity index (χ0) is 30.4. The summed E-state index contributed by atoms with van der Waals surface area (Å²) in [6.07, 6.45) is 0.938. The minimum Gasteiger partial charge on any atom is -0.469 e. The fourth-order valence-corrected chi connectivity index (χ4v) is 3.76. The number of rotatable bonds is 6. The molecular formula is C33H43NO6. The molecule has 0 atom stereocenters. The number of nitrogens with one attached hydrogen (secondary N) is 1. The first-order valence-corrected chi connectivity index (χ1v) is 13.1. The van der Waals surface area contributed by atoms with Crippen molar-refractivity contribution in [2.24, 2.45) is 0 Å². The summed E-state index contributed by atoms with van der Waals surface area (Å²) in [6.45, 7) is 14.3. The molecule has 2 N–H and O–H groups in total. The highest BCUT2D eigenvalue weighted by molar-refractivity contribution is 5.77. The Kier molecular flexibility index (Phi) is 14.4. The molecule has 0 heterocycles. The van der Waals surface area contributed by atoms with Crippen molar-refractivity contribution in [1.29, 1.82) is 0 Å². The van der Waals surface area contributed by atoms with E-state index < -0.39 is 0 Å². The van der Waals surface area contributed by atoms with E-state index in [1.54, 1.807) is 5.48 Å². The number of hydrogen-bond acceptors (Lipinski definition) is 6. The van der Waals surface area contributed by atoms with Gasteiger partial charge >= 0.3 is 11.9 Å². The first kappa shape index (κ1) is 34.1. The van der Waals surface area contributed by atoms with Gasteiger partial charge in [0.2, 0.25) is 5.91 Å². The molecule has 0 spiro atoms. The summed E-state index contributed by atoms with van der Waals surface area (Å²) < 4.78 is 9.21. The number of methoxy groups -OCH3 is 2. The van der Waals surface area contributed by atoms with Crippen molar-refractivity contribution < 1.29 is 29.1 Å². The molecule has 3 aromatic carbocycles. The average molecular weight is 550 g/mol. The van der Waals surface area contributed by atoms with Gasteiger partial charge in [0.15, 0.2) is 0 Å². The Morgan fingerprint density at radius 1 is 0.575 bits per heavy atom. The van der Waals surface area contributed by atoms with Crippen LogP contribution >= 0.6 is 0 Å². The molecule has 0 saturated carbocycles. The third kappa shape index (κ3) is 11.8. The molecular weight excluding hydrogens is 506 g/mol. The van der Waals surface area contributed by atoms with Crippen LogP contribution in [0.2, 0.25) is 0 Å². The van der Waals surface area contributed by atoms with E-state index in [4.69, 9.17) is 5.21 Å². The van der Waals surface area contributed by atoms with Gasteiger partial charge in [-0.05, 0) is 104 Å². The van der Waals surface area contributed by atoms with Gasteiger partial charge in [0.1, 0.15) is 0 Å². The van der Waals surface area contributed by atoms with Crippen LogP contribution in [0.5, 0.6) is 0 Å². The van der Waals surface area contributed by atoms with Crippen LogP contribution < -0.4 is 5.48 Å². The maximum atomic E-state index is 11.1. The fourth-order valence-electron chi connectivity index (χ4n) is 3.76. The van der Waals surface area contributed by atoms with E-state index >= 15 is 0 Å². The van der Waals surface area contributed by atoms with Crippen molar-refractivity contribution in [3.63, 3.8) is 0 Å². The van der Waals surface area contributed by atoms with E-state index in [2.05, 4.69) is 37.2 Å². The Labute approximate surface area is 238 Å². The molecule has 0 radical (unpaired) electrons. The molecule has 0 bridgehead atoms. The molecule has 3 rings (SSSR count). The van der Waals surface area contributed by atoms with E-state index in [0.29, 0.717) is 12.8 Å². The van der Waals surface area contributed by atoms with Crippen molar-refractivity contribution in [1.82, 2.24) is 5.48 Å². The molecule has 0 aliphatic heterocycles. The van der Waals surface area contributed by atoms with Gasteiger partial charge in [0, 0.05) is 0 Å². The predicted octanol–water partition coefficient (Wildman–Crippen LogP) is 5.70. The third-order valence-corrected chi connectivity index (χ3v) is 6.77. The lowest BCUT2D eigenvalue weighted by Gasteiger charge is -2.08. The Bertz CT molecular complexity index is 1220. The van der Waals surface area contributed by atoms with E-state index in [9.17, 15) is 14.4 Å². The van der Waals surface area contributed by atoms with Gasteiger partial charge in [-0.2, -0.15) is 0 Å². The number of aryl methyl sites for hydroxylation is 6. The second-order valence-electron chi connectivity index (χ2n) is 9.91. The van der Waals surface area contributed by atoms with Gasteiger partial charge in [-0.3, -0.25) is 19.6 Å². The van der Waals surface area contributed by atoms with Gasteiger partial charge in [0.05, 0.1) is 33.5 Å². The number of esters is 2. The molecule has 7 nitrogen and oxygen atoms in total. The van der Waals surface area contributed by atoms with Crippen molar-refractivity contribution in [3.05, 3.63) is 104 Å². The molecule has 3 aromatic rings. The minimum atomic E-state index is -0.386. The Morgan fingerprint density at radius 3 is 1.32 bits per heavy atom. The highest BCUT2D eigenvalue weighted by Crippen LogP contribution is 2.16. The smallest absolute Gasteiger partial charge is 0.309 e. The fraction of sp³-hybridized carbons (Fsp3) is 0.364. The molecule has 0 aliphatic rings. The van der Waals surface area contributed by atoms with Crippen molar-refractivity contribution in [2.45, 2.75) is 67.7 Å². The Morgan fingerprint density at radius 2 is 0.950 bits per heavy atom. The SMILES string of the molecule is COC(=O)Cc1cc(C)c(C)c(C)c1.COC(=O)Cc1ccc(C)c(C)c1.Cc1ccc(CC(=O)NO)cc1C. The summed E-state index contributed by atoms with van der Waals surface area (Å²) in [5.41, 5.74) is 13.1. The molecule has 40 heavy (non-hydrogen) atoms. The van der Waals surface area contributed by atoms with Gasteiger partial charge in [-0.1, -0.05) is 48.5 Å². The number of benzene rings is 3. The molecule has 0 fully saturated rings. The molecule has 0 saturated heterocycles. The lowest BCUT2D eigenvalue weighted by molar-refractivity contribution is -0.140. The van der Waals surface area contributed by atoms with E-state index in [-0.39, 0.29) is 24.3 Å². The van der Waals surface area contributed by atoms with Gasteiger partial charge < -0.3 is 9.47 Å². The predicted molar refractivity (Wildman–Crippen MR) is 158 cm³/mol. The summed E-state index contributed by atoms with van der Waals surface area (Å²) >= 11 is 0. The maximum absolute atomic E-state index is 11.1.